The summed E-state index contributed by atoms with van der Waals surface area (Å²) in [4.78, 5) is 43.1. The maximum atomic E-state index is 12.7. The molecule has 0 radical (unpaired) electrons. The van der Waals surface area contributed by atoms with Gasteiger partial charge < -0.3 is 19.5 Å². The summed E-state index contributed by atoms with van der Waals surface area (Å²) in [7, 11) is 1.66. The highest BCUT2D eigenvalue weighted by molar-refractivity contribution is 5.93. The predicted molar refractivity (Wildman–Crippen MR) is 92.3 cm³/mol. The lowest BCUT2D eigenvalue weighted by molar-refractivity contribution is -0.140. The largest absolute Gasteiger partial charge is 0.385 e. The van der Waals surface area contributed by atoms with E-state index in [1.807, 2.05) is 4.90 Å². The van der Waals surface area contributed by atoms with Crippen molar-refractivity contribution >= 4 is 11.8 Å². The number of nitrogens with one attached hydrogen (secondary N) is 1. The number of rotatable bonds is 5. The van der Waals surface area contributed by atoms with E-state index in [9.17, 15) is 14.4 Å². The lowest BCUT2D eigenvalue weighted by atomic mass is 9.83. The van der Waals surface area contributed by atoms with E-state index in [0.29, 0.717) is 32.7 Å². The molecule has 2 aliphatic heterocycles. The van der Waals surface area contributed by atoms with Gasteiger partial charge in [-0.15, -0.1) is 0 Å². The monoisotopic (exact) mass is 347 g/mol. The number of amides is 2. The van der Waals surface area contributed by atoms with Gasteiger partial charge in [-0.2, -0.15) is 0 Å². The second-order valence-electron chi connectivity index (χ2n) is 6.75. The number of hydrogen-bond acceptors (Lipinski definition) is 4. The van der Waals surface area contributed by atoms with Crippen molar-refractivity contribution in [2.45, 2.75) is 31.7 Å². The van der Waals surface area contributed by atoms with Crippen LogP contribution in [0.4, 0.5) is 0 Å². The Morgan fingerprint density at radius 3 is 2.96 bits per heavy atom. The van der Waals surface area contributed by atoms with E-state index in [1.54, 1.807) is 24.1 Å². The lowest BCUT2D eigenvalue weighted by Gasteiger charge is -2.47. The molecule has 2 atom stereocenters. The molecule has 0 spiro atoms. The van der Waals surface area contributed by atoms with Gasteiger partial charge in [-0.05, 0) is 37.3 Å². The fraction of sp³-hybridized carbons (Fsp3) is 0.611. The van der Waals surface area contributed by atoms with Crippen molar-refractivity contribution in [1.82, 2.24) is 14.8 Å². The molecule has 0 bridgehead atoms. The Morgan fingerprint density at radius 1 is 1.36 bits per heavy atom. The van der Waals surface area contributed by atoms with Gasteiger partial charge in [0.05, 0.1) is 0 Å². The first-order valence-corrected chi connectivity index (χ1v) is 8.87. The van der Waals surface area contributed by atoms with E-state index in [1.165, 1.54) is 6.20 Å². The molecular weight excluding hydrogens is 322 g/mol. The number of likely N-dealkylation sites (tertiary alicyclic amines) is 2. The number of aromatic nitrogens is 1. The third-order valence-electron chi connectivity index (χ3n) is 5.23. The summed E-state index contributed by atoms with van der Waals surface area (Å²) in [5, 5.41) is 0. The zero-order chi connectivity index (χ0) is 17.8. The number of carbonyl (C=O) groups excluding carboxylic acids is 2. The van der Waals surface area contributed by atoms with E-state index in [-0.39, 0.29) is 34.9 Å². The van der Waals surface area contributed by atoms with Gasteiger partial charge in [0.15, 0.2) is 0 Å². The number of aromatic amines is 1. The molecule has 0 aliphatic carbocycles. The topological polar surface area (TPSA) is 82.7 Å². The first-order chi connectivity index (χ1) is 12.1. The average molecular weight is 347 g/mol. The second kappa shape index (κ2) is 7.82. The first-order valence-electron chi connectivity index (χ1n) is 8.87. The van der Waals surface area contributed by atoms with Crippen LogP contribution in [0, 0.1) is 5.92 Å². The molecule has 7 nitrogen and oxygen atoms in total. The molecule has 1 aromatic heterocycles. The molecule has 7 heteroatoms. The predicted octanol–water partition coefficient (Wildman–Crippen LogP) is 0.865. The number of H-pyrrole nitrogens is 1. The van der Waals surface area contributed by atoms with Gasteiger partial charge in [-0.25, -0.2) is 0 Å². The third-order valence-corrected chi connectivity index (χ3v) is 5.23. The number of hydrogen-bond donors (Lipinski definition) is 1. The Morgan fingerprint density at radius 2 is 2.20 bits per heavy atom. The number of methoxy groups -OCH3 is 1. The summed E-state index contributed by atoms with van der Waals surface area (Å²) in [5.74, 6) is 0.264. The van der Waals surface area contributed by atoms with E-state index in [4.69, 9.17) is 4.74 Å². The molecule has 0 saturated carbocycles. The standard InChI is InChI=1S/C18H25N3O4/c1-25-11-3-9-21-15-7-10-20(12-13(15)5-6-16(21)22)18(24)14-4-2-8-19-17(14)23/h2,4,8,13,15H,3,5-7,9-12H2,1H3,(H,19,23)/t13-,15+/m0/s1. The zero-order valence-corrected chi connectivity index (χ0v) is 14.6. The van der Waals surface area contributed by atoms with Crippen molar-refractivity contribution in [3.63, 3.8) is 0 Å². The van der Waals surface area contributed by atoms with Crippen molar-refractivity contribution in [3.8, 4) is 0 Å². The molecule has 0 aromatic carbocycles. The highest BCUT2D eigenvalue weighted by Gasteiger charge is 2.40. The van der Waals surface area contributed by atoms with Gasteiger partial charge in [0.2, 0.25) is 5.91 Å². The molecule has 2 amide bonds. The molecule has 2 saturated heterocycles. The second-order valence-corrected chi connectivity index (χ2v) is 6.75. The van der Waals surface area contributed by atoms with E-state index in [2.05, 4.69) is 4.98 Å². The minimum absolute atomic E-state index is 0.185. The number of piperidine rings is 2. The number of fused-ring (bicyclic) bond motifs is 1. The SMILES string of the molecule is COCCCN1C(=O)CC[C@H]2CN(C(=O)c3ccc[nH]c3=O)CC[C@H]21. The number of pyridine rings is 1. The average Bonchev–Trinajstić information content (AvgIpc) is 2.63. The lowest BCUT2D eigenvalue weighted by Crippen LogP contribution is -2.57. The fourth-order valence-electron chi connectivity index (χ4n) is 3.97. The van der Waals surface area contributed by atoms with Crippen LogP contribution >= 0.6 is 0 Å². The van der Waals surface area contributed by atoms with Crippen LogP contribution in [-0.4, -0.2) is 66.0 Å². The van der Waals surface area contributed by atoms with Crippen LogP contribution in [0.3, 0.4) is 0 Å². The summed E-state index contributed by atoms with van der Waals surface area (Å²) < 4.78 is 5.09. The van der Waals surface area contributed by atoms with Crippen molar-refractivity contribution in [1.29, 1.82) is 0 Å². The molecule has 2 fully saturated rings. The summed E-state index contributed by atoms with van der Waals surface area (Å²) >= 11 is 0. The van der Waals surface area contributed by atoms with Crippen molar-refractivity contribution in [2.75, 3.05) is 33.4 Å². The fourth-order valence-corrected chi connectivity index (χ4v) is 3.97. The molecule has 25 heavy (non-hydrogen) atoms. The third kappa shape index (κ3) is 3.76. The Balaban J connectivity index is 1.67. The normalized spacial score (nSPS) is 23.5. The van der Waals surface area contributed by atoms with E-state index >= 15 is 0 Å². The summed E-state index contributed by atoms with van der Waals surface area (Å²) in [6.45, 7) is 2.52. The molecule has 1 N–H and O–H groups in total. The summed E-state index contributed by atoms with van der Waals surface area (Å²) in [5.41, 5.74) is -0.167. The molecule has 1 aromatic rings. The quantitative estimate of drug-likeness (QED) is 0.801. The van der Waals surface area contributed by atoms with Crippen LogP contribution in [0.2, 0.25) is 0 Å². The maximum Gasteiger partial charge on any atom is 0.260 e. The summed E-state index contributed by atoms with van der Waals surface area (Å²) in [6.07, 6.45) is 4.45. The summed E-state index contributed by atoms with van der Waals surface area (Å²) in [6, 6.07) is 3.42. The Kier molecular flexibility index (Phi) is 5.53. The minimum atomic E-state index is -0.352. The molecule has 0 unspecified atom stereocenters. The molecule has 2 aliphatic rings. The van der Waals surface area contributed by atoms with Crippen LogP contribution in [-0.2, 0) is 9.53 Å². The molecule has 3 rings (SSSR count). The highest BCUT2D eigenvalue weighted by atomic mass is 16.5. The first kappa shape index (κ1) is 17.7. The van der Waals surface area contributed by atoms with Crippen LogP contribution in [0.5, 0.6) is 0 Å². The number of nitrogens with zero attached hydrogens (tertiary/aromatic N) is 2. The minimum Gasteiger partial charge on any atom is -0.385 e. The van der Waals surface area contributed by atoms with Crippen LogP contribution < -0.4 is 5.56 Å². The van der Waals surface area contributed by atoms with Crippen LogP contribution in [0.1, 0.15) is 36.0 Å². The van der Waals surface area contributed by atoms with Gasteiger partial charge in [0, 0.05) is 52.0 Å². The van der Waals surface area contributed by atoms with Crippen molar-refractivity contribution < 1.29 is 14.3 Å². The van der Waals surface area contributed by atoms with Gasteiger partial charge in [-0.3, -0.25) is 14.4 Å². The Bertz CT molecular complexity index is 687. The Labute approximate surface area is 147 Å². The molecule has 3 heterocycles. The smallest absolute Gasteiger partial charge is 0.260 e. The van der Waals surface area contributed by atoms with Gasteiger partial charge in [0.25, 0.3) is 11.5 Å². The van der Waals surface area contributed by atoms with E-state index in [0.717, 1.165) is 19.3 Å². The van der Waals surface area contributed by atoms with Gasteiger partial charge >= 0.3 is 0 Å². The number of carbonyl (C=O) groups is 2. The van der Waals surface area contributed by atoms with Crippen molar-refractivity contribution in [2.24, 2.45) is 5.92 Å². The van der Waals surface area contributed by atoms with Gasteiger partial charge in [-0.1, -0.05) is 0 Å². The molecule has 136 valence electrons. The maximum absolute atomic E-state index is 12.7. The highest BCUT2D eigenvalue weighted by Crippen LogP contribution is 2.31. The van der Waals surface area contributed by atoms with Gasteiger partial charge in [0.1, 0.15) is 5.56 Å². The number of ether oxygens (including phenoxy) is 1. The molecular formula is C18H25N3O4. The van der Waals surface area contributed by atoms with Crippen LogP contribution in [0.25, 0.3) is 0 Å². The van der Waals surface area contributed by atoms with Crippen molar-refractivity contribution in [3.05, 3.63) is 34.2 Å². The Hall–Kier alpha value is -2.15. The van der Waals surface area contributed by atoms with Crippen LogP contribution in [0.15, 0.2) is 23.1 Å². The zero-order valence-electron chi connectivity index (χ0n) is 14.6. The van der Waals surface area contributed by atoms with E-state index < -0.39 is 0 Å².